The molecule has 5 rings (SSSR count). The van der Waals surface area contributed by atoms with Gasteiger partial charge in [0.1, 0.15) is 0 Å². The van der Waals surface area contributed by atoms with Crippen LogP contribution in [0.4, 0.5) is 29.3 Å². The summed E-state index contributed by atoms with van der Waals surface area (Å²) >= 11 is 0. The van der Waals surface area contributed by atoms with E-state index < -0.39 is 17.8 Å². The van der Waals surface area contributed by atoms with Gasteiger partial charge in [-0.2, -0.15) is 13.2 Å². The highest BCUT2D eigenvalue weighted by Crippen LogP contribution is 2.37. The minimum absolute atomic E-state index is 0.0878. The van der Waals surface area contributed by atoms with Crippen LogP contribution in [0.2, 0.25) is 0 Å². The van der Waals surface area contributed by atoms with Crippen LogP contribution in [0.5, 0.6) is 0 Å². The molecule has 0 spiro atoms. The molecule has 0 aliphatic carbocycles. The third-order valence-electron chi connectivity index (χ3n) is 8.08. The Bertz CT molecular complexity index is 1500. The molecule has 0 unspecified atom stereocenters. The second kappa shape index (κ2) is 11.8. The van der Waals surface area contributed by atoms with Gasteiger partial charge in [-0.05, 0) is 74.8 Å². The number of urea groups is 1. The SMILES string of the molecule is CN(C)C1(Cc2ccccc2)CCN(c2cc(C(F)(F)F)ccc2CNC(=O)Nc2ccc3cccnc3c2)CC1. The van der Waals surface area contributed by atoms with Crippen LogP contribution >= 0.6 is 0 Å². The van der Waals surface area contributed by atoms with E-state index >= 15 is 0 Å². The van der Waals surface area contributed by atoms with Gasteiger partial charge in [0.2, 0.25) is 0 Å². The summed E-state index contributed by atoms with van der Waals surface area (Å²) in [5.74, 6) is 0. The van der Waals surface area contributed by atoms with Crippen molar-refractivity contribution in [2.45, 2.75) is 37.5 Å². The normalized spacial score (nSPS) is 15.2. The second-order valence-electron chi connectivity index (χ2n) is 10.8. The van der Waals surface area contributed by atoms with Gasteiger partial charge in [-0.15, -0.1) is 0 Å². The van der Waals surface area contributed by atoms with E-state index in [1.165, 1.54) is 17.7 Å². The number of amides is 2. The number of hydrogen-bond donors (Lipinski definition) is 2. The minimum Gasteiger partial charge on any atom is -0.371 e. The molecule has 214 valence electrons. The Morgan fingerprint density at radius 1 is 0.976 bits per heavy atom. The Balaban J connectivity index is 1.31. The lowest BCUT2D eigenvalue weighted by Crippen LogP contribution is -2.54. The number of anilines is 2. The summed E-state index contributed by atoms with van der Waals surface area (Å²) in [6.07, 6.45) is -0.305. The smallest absolute Gasteiger partial charge is 0.371 e. The monoisotopic (exact) mass is 561 g/mol. The predicted molar refractivity (Wildman–Crippen MR) is 157 cm³/mol. The van der Waals surface area contributed by atoms with Crippen LogP contribution in [0.25, 0.3) is 10.9 Å². The highest BCUT2D eigenvalue weighted by molar-refractivity contribution is 5.92. The number of pyridine rings is 1. The van der Waals surface area contributed by atoms with Crippen molar-refractivity contribution in [1.82, 2.24) is 15.2 Å². The summed E-state index contributed by atoms with van der Waals surface area (Å²) in [5, 5.41) is 6.56. The number of likely N-dealkylation sites (N-methyl/N-ethyl adjacent to an activating group) is 1. The van der Waals surface area contributed by atoms with E-state index in [0.29, 0.717) is 30.0 Å². The van der Waals surface area contributed by atoms with Gasteiger partial charge in [-0.25, -0.2) is 4.79 Å². The van der Waals surface area contributed by atoms with Gasteiger partial charge in [0.25, 0.3) is 0 Å². The van der Waals surface area contributed by atoms with Crippen LogP contribution in [0, 0.1) is 0 Å². The number of nitrogens with zero attached hydrogens (tertiary/aromatic N) is 3. The van der Waals surface area contributed by atoms with Crippen molar-refractivity contribution in [3.63, 3.8) is 0 Å². The minimum atomic E-state index is -4.46. The highest BCUT2D eigenvalue weighted by atomic mass is 19.4. The van der Waals surface area contributed by atoms with Crippen molar-refractivity contribution < 1.29 is 18.0 Å². The zero-order valence-corrected chi connectivity index (χ0v) is 23.2. The first-order valence-electron chi connectivity index (χ1n) is 13.7. The van der Waals surface area contributed by atoms with Gasteiger partial charge in [-0.3, -0.25) is 4.98 Å². The fourth-order valence-corrected chi connectivity index (χ4v) is 5.60. The Labute approximate surface area is 238 Å². The van der Waals surface area contributed by atoms with Crippen molar-refractivity contribution in [3.05, 3.63) is 102 Å². The molecule has 3 aromatic carbocycles. The van der Waals surface area contributed by atoms with E-state index in [0.717, 1.165) is 36.2 Å². The molecular weight excluding hydrogens is 527 g/mol. The van der Waals surface area contributed by atoms with Crippen LogP contribution in [-0.2, 0) is 19.1 Å². The van der Waals surface area contributed by atoms with Gasteiger partial charge >= 0.3 is 12.2 Å². The number of benzene rings is 3. The molecule has 1 aliphatic rings. The van der Waals surface area contributed by atoms with E-state index in [1.807, 2.05) is 41.3 Å². The first-order valence-corrected chi connectivity index (χ1v) is 13.7. The molecular formula is C32H34F3N5O. The predicted octanol–water partition coefficient (Wildman–Crippen LogP) is 6.72. The molecule has 2 amide bonds. The molecule has 0 bridgehead atoms. The molecule has 2 heterocycles. The number of carbonyl (C=O) groups is 1. The molecule has 1 aromatic heterocycles. The number of carbonyl (C=O) groups excluding carboxylic acids is 1. The highest BCUT2D eigenvalue weighted by Gasteiger charge is 2.38. The van der Waals surface area contributed by atoms with E-state index in [4.69, 9.17) is 0 Å². The molecule has 0 radical (unpaired) electrons. The summed E-state index contributed by atoms with van der Waals surface area (Å²) in [7, 11) is 4.14. The number of nitrogens with one attached hydrogen (secondary N) is 2. The Morgan fingerprint density at radius 3 is 2.44 bits per heavy atom. The summed E-state index contributed by atoms with van der Waals surface area (Å²) in [5.41, 5.74) is 2.92. The summed E-state index contributed by atoms with van der Waals surface area (Å²) in [6, 6.07) is 22.8. The van der Waals surface area contributed by atoms with E-state index in [-0.39, 0.29) is 12.1 Å². The zero-order chi connectivity index (χ0) is 29.0. The summed E-state index contributed by atoms with van der Waals surface area (Å²) < 4.78 is 41.1. The lowest BCUT2D eigenvalue weighted by Gasteiger charge is -2.47. The van der Waals surface area contributed by atoms with Crippen molar-refractivity contribution in [2.24, 2.45) is 0 Å². The molecule has 6 nitrogen and oxygen atoms in total. The maximum atomic E-state index is 13.7. The first-order chi connectivity index (χ1) is 19.6. The number of hydrogen-bond acceptors (Lipinski definition) is 4. The van der Waals surface area contributed by atoms with Gasteiger partial charge in [-0.1, -0.05) is 48.5 Å². The number of fused-ring (bicyclic) bond motifs is 1. The van der Waals surface area contributed by atoms with Gasteiger partial charge in [0.05, 0.1) is 11.1 Å². The Kier molecular flexibility index (Phi) is 8.17. The Hall–Kier alpha value is -4.11. The number of aromatic nitrogens is 1. The number of alkyl halides is 3. The molecule has 9 heteroatoms. The van der Waals surface area contributed by atoms with Crippen LogP contribution in [-0.4, -0.2) is 48.6 Å². The lowest BCUT2D eigenvalue weighted by molar-refractivity contribution is -0.137. The van der Waals surface area contributed by atoms with Crippen molar-refractivity contribution >= 4 is 28.3 Å². The van der Waals surface area contributed by atoms with Crippen LogP contribution in [0.15, 0.2) is 85.1 Å². The average Bonchev–Trinajstić information content (AvgIpc) is 2.96. The van der Waals surface area contributed by atoms with Crippen LogP contribution < -0.4 is 15.5 Å². The maximum absolute atomic E-state index is 13.7. The number of rotatable bonds is 7. The molecule has 1 fully saturated rings. The largest absolute Gasteiger partial charge is 0.416 e. The average molecular weight is 562 g/mol. The van der Waals surface area contributed by atoms with Crippen molar-refractivity contribution in [2.75, 3.05) is 37.4 Å². The fourth-order valence-electron chi connectivity index (χ4n) is 5.60. The summed E-state index contributed by atoms with van der Waals surface area (Å²) in [4.78, 5) is 21.3. The molecule has 1 aliphatic heterocycles. The third kappa shape index (κ3) is 6.62. The van der Waals surface area contributed by atoms with E-state index in [2.05, 4.69) is 46.7 Å². The van der Waals surface area contributed by atoms with Gasteiger partial charge < -0.3 is 20.4 Å². The molecule has 0 atom stereocenters. The van der Waals surface area contributed by atoms with Gasteiger partial charge in [0, 0.05) is 48.1 Å². The van der Waals surface area contributed by atoms with Crippen LogP contribution in [0.3, 0.4) is 0 Å². The summed E-state index contributed by atoms with van der Waals surface area (Å²) in [6.45, 7) is 1.30. The van der Waals surface area contributed by atoms with Crippen molar-refractivity contribution in [3.8, 4) is 0 Å². The molecule has 4 aromatic rings. The lowest BCUT2D eigenvalue weighted by atomic mass is 9.80. The zero-order valence-electron chi connectivity index (χ0n) is 23.2. The third-order valence-corrected chi connectivity index (χ3v) is 8.08. The van der Waals surface area contributed by atoms with Crippen molar-refractivity contribution in [1.29, 1.82) is 0 Å². The first kappa shape index (κ1) is 28.4. The molecule has 2 N–H and O–H groups in total. The standard InChI is InChI=1S/C32H34F3N5O/c1-39(2)31(21-23-7-4-3-5-8-23)14-17-40(18-15-31)29-19-26(32(33,34)35)12-10-25(29)22-37-30(41)38-27-13-11-24-9-6-16-36-28(24)20-27/h3-13,16,19-20H,14-15,17-18,21-22H2,1-2H3,(H2,37,38,41). The second-order valence-corrected chi connectivity index (χ2v) is 10.8. The number of piperidine rings is 1. The number of halogens is 3. The van der Waals surface area contributed by atoms with E-state index in [1.54, 1.807) is 18.3 Å². The quantitative estimate of drug-likeness (QED) is 0.263. The van der Waals surface area contributed by atoms with E-state index in [9.17, 15) is 18.0 Å². The molecule has 0 saturated carbocycles. The maximum Gasteiger partial charge on any atom is 0.416 e. The van der Waals surface area contributed by atoms with Gasteiger partial charge in [0.15, 0.2) is 0 Å². The molecule has 41 heavy (non-hydrogen) atoms. The fraction of sp³-hybridized carbons (Fsp3) is 0.312. The molecule has 1 saturated heterocycles. The van der Waals surface area contributed by atoms with Crippen LogP contribution in [0.1, 0.15) is 29.5 Å². The topological polar surface area (TPSA) is 60.5 Å². The Morgan fingerprint density at radius 2 is 1.73 bits per heavy atom.